The number of benzene rings is 1. The minimum absolute atomic E-state index is 0. The Balaban J connectivity index is 0.00000338. The van der Waals surface area contributed by atoms with Crippen LogP contribution in [-0.2, 0) is 11.3 Å². The van der Waals surface area contributed by atoms with Crippen LogP contribution in [-0.4, -0.2) is 36.9 Å². The molecule has 3 N–H and O–H groups in total. The Bertz CT molecular complexity index is 596. The number of halogens is 1. The molecule has 5 nitrogen and oxygen atoms in total. The van der Waals surface area contributed by atoms with E-state index in [1.54, 1.807) is 11.9 Å². The number of carbonyl (C=O) groups excluding carboxylic acids is 2. The van der Waals surface area contributed by atoms with Crippen LogP contribution in [0.1, 0.15) is 55.5 Å². The van der Waals surface area contributed by atoms with Crippen molar-refractivity contribution in [2.75, 3.05) is 20.1 Å². The second kappa shape index (κ2) is 9.93. The maximum Gasteiger partial charge on any atom is 0.253 e. The smallest absolute Gasteiger partial charge is 0.253 e. The SMILES string of the molecule is CN(CC(C)(C)CN)C(=O)c1ccc(CNC(=O)C2CCCC2)cc1.Cl. The van der Waals surface area contributed by atoms with Gasteiger partial charge in [-0.15, -0.1) is 12.4 Å². The molecule has 0 saturated heterocycles. The number of nitrogens with one attached hydrogen (secondary N) is 1. The molecule has 0 radical (unpaired) electrons. The zero-order chi connectivity index (χ0) is 18.4. The van der Waals surface area contributed by atoms with Crippen LogP contribution < -0.4 is 11.1 Å². The van der Waals surface area contributed by atoms with E-state index in [2.05, 4.69) is 5.32 Å². The molecule has 2 rings (SSSR count). The van der Waals surface area contributed by atoms with Crippen LogP contribution in [0.3, 0.4) is 0 Å². The predicted molar refractivity (Wildman–Crippen MR) is 107 cm³/mol. The lowest BCUT2D eigenvalue weighted by atomic mass is 9.93. The van der Waals surface area contributed by atoms with Crippen molar-refractivity contribution < 1.29 is 9.59 Å². The molecule has 0 unspecified atom stereocenters. The van der Waals surface area contributed by atoms with E-state index in [1.165, 1.54) is 0 Å². The summed E-state index contributed by atoms with van der Waals surface area (Å²) in [6.45, 7) is 5.76. The summed E-state index contributed by atoms with van der Waals surface area (Å²) in [5, 5.41) is 3.00. The molecule has 0 heterocycles. The minimum Gasteiger partial charge on any atom is -0.352 e. The molecule has 0 aromatic heterocycles. The lowest BCUT2D eigenvalue weighted by molar-refractivity contribution is -0.124. The molecule has 1 saturated carbocycles. The number of nitrogens with zero attached hydrogens (tertiary/aromatic N) is 1. The van der Waals surface area contributed by atoms with Gasteiger partial charge < -0.3 is 16.0 Å². The summed E-state index contributed by atoms with van der Waals surface area (Å²) in [6, 6.07) is 7.46. The third-order valence-electron chi connectivity index (χ3n) is 4.96. The standard InChI is InChI=1S/C20H31N3O2.ClH/c1-20(2,13-21)14-23(3)19(25)17-10-8-15(9-11-17)12-22-18(24)16-6-4-5-7-16;/h8-11,16H,4-7,12-14,21H2,1-3H3,(H,22,24);1H. The van der Waals surface area contributed by atoms with Gasteiger partial charge in [0.1, 0.15) is 0 Å². The number of carbonyl (C=O) groups is 2. The summed E-state index contributed by atoms with van der Waals surface area (Å²) in [7, 11) is 1.80. The molecule has 1 aromatic rings. The monoisotopic (exact) mass is 381 g/mol. The fraction of sp³-hybridized carbons (Fsp3) is 0.600. The highest BCUT2D eigenvalue weighted by Crippen LogP contribution is 2.24. The van der Waals surface area contributed by atoms with Gasteiger partial charge in [-0.25, -0.2) is 0 Å². The molecule has 0 atom stereocenters. The van der Waals surface area contributed by atoms with E-state index in [0.29, 0.717) is 25.2 Å². The molecule has 1 aliphatic rings. The first kappa shape index (κ1) is 22.5. The van der Waals surface area contributed by atoms with E-state index >= 15 is 0 Å². The maximum atomic E-state index is 12.5. The molecule has 1 fully saturated rings. The van der Waals surface area contributed by atoms with E-state index in [9.17, 15) is 9.59 Å². The average Bonchev–Trinajstić information content (AvgIpc) is 3.14. The third kappa shape index (κ3) is 6.29. The van der Waals surface area contributed by atoms with E-state index in [1.807, 2.05) is 38.1 Å². The summed E-state index contributed by atoms with van der Waals surface area (Å²) >= 11 is 0. The molecule has 6 heteroatoms. The van der Waals surface area contributed by atoms with Crippen molar-refractivity contribution in [1.29, 1.82) is 0 Å². The summed E-state index contributed by atoms with van der Waals surface area (Å²) in [6.07, 6.45) is 4.32. The van der Waals surface area contributed by atoms with Crippen LogP contribution in [0.25, 0.3) is 0 Å². The highest BCUT2D eigenvalue weighted by Gasteiger charge is 2.23. The molecule has 0 spiro atoms. The highest BCUT2D eigenvalue weighted by molar-refractivity contribution is 5.94. The molecule has 0 bridgehead atoms. The fourth-order valence-corrected chi connectivity index (χ4v) is 3.29. The summed E-state index contributed by atoms with van der Waals surface area (Å²) in [4.78, 5) is 26.3. The number of hydrogen-bond donors (Lipinski definition) is 2. The van der Waals surface area contributed by atoms with Crippen molar-refractivity contribution in [2.24, 2.45) is 17.1 Å². The highest BCUT2D eigenvalue weighted by atomic mass is 35.5. The lowest BCUT2D eigenvalue weighted by Crippen LogP contribution is -2.39. The number of amides is 2. The molecule has 26 heavy (non-hydrogen) atoms. The summed E-state index contributed by atoms with van der Waals surface area (Å²) < 4.78 is 0. The zero-order valence-electron chi connectivity index (χ0n) is 16.1. The van der Waals surface area contributed by atoms with E-state index in [0.717, 1.165) is 31.2 Å². The summed E-state index contributed by atoms with van der Waals surface area (Å²) in [5.74, 6) is 0.324. The van der Waals surface area contributed by atoms with Crippen molar-refractivity contribution in [3.05, 3.63) is 35.4 Å². The van der Waals surface area contributed by atoms with Crippen LogP contribution >= 0.6 is 12.4 Å². The van der Waals surface area contributed by atoms with Gasteiger partial charge in [-0.2, -0.15) is 0 Å². The molecular weight excluding hydrogens is 350 g/mol. The Morgan fingerprint density at radius 2 is 1.77 bits per heavy atom. The third-order valence-corrected chi connectivity index (χ3v) is 4.96. The van der Waals surface area contributed by atoms with Gasteiger partial charge in [0.15, 0.2) is 0 Å². The van der Waals surface area contributed by atoms with Crippen molar-refractivity contribution in [3.8, 4) is 0 Å². The van der Waals surface area contributed by atoms with E-state index < -0.39 is 0 Å². The molecule has 0 aliphatic heterocycles. The Kier molecular flexibility index (Phi) is 8.57. The lowest BCUT2D eigenvalue weighted by Gasteiger charge is -2.29. The Labute approximate surface area is 163 Å². The van der Waals surface area contributed by atoms with Gasteiger partial charge in [-0.1, -0.05) is 38.8 Å². The van der Waals surface area contributed by atoms with Crippen molar-refractivity contribution in [1.82, 2.24) is 10.2 Å². The first-order valence-electron chi connectivity index (χ1n) is 9.14. The predicted octanol–water partition coefficient (Wildman–Crippen LogP) is 2.97. The molecule has 1 aliphatic carbocycles. The number of hydrogen-bond acceptors (Lipinski definition) is 3. The Hall–Kier alpha value is -1.59. The van der Waals surface area contributed by atoms with Gasteiger partial charge >= 0.3 is 0 Å². The van der Waals surface area contributed by atoms with Crippen LogP contribution in [0.4, 0.5) is 0 Å². The zero-order valence-corrected chi connectivity index (χ0v) is 16.9. The Morgan fingerprint density at radius 3 is 2.31 bits per heavy atom. The van der Waals surface area contributed by atoms with Gasteiger partial charge in [0, 0.05) is 31.6 Å². The second-order valence-corrected chi connectivity index (χ2v) is 7.93. The topological polar surface area (TPSA) is 75.4 Å². The van der Waals surface area contributed by atoms with Crippen LogP contribution in [0.5, 0.6) is 0 Å². The first-order valence-corrected chi connectivity index (χ1v) is 9.14. The number of rotatable bonds is 7. The summed E-state index contributed by atoms with van der Waals surface area (Å²) in [5.41, 5.74) is 7.30. The fourth-order valence-electron chi connectivity index (χ4n) is 3.29. The molecule has 2 amide bonds. The average molecular weight is 382 g/mol. The van der Waals surface area contributed by atoms with E-state index in [4.69, 9.17) is 5.73 Å². The van der Waals surface area contributed by atoms with E-state index in [-0.39, 0.29) is 35.6 Å². The largest absolute Gasteiger partial charge is 0.352 e. The maximum absolute atomic E-state index is 12.5. The van der Waals surface area contributed by atoms with Gasteiger partial charge in [-0.05, 0) is 42.5 Å². The van der Waals surface area contributed by atoms with Crippen molar-refractivity contribution in [2.45, 2.75) is 46.1 Å². The van der Waals surface area contributed by atoms with Crippen LogP contribution in [0, 0.1) is 11.3 Å². The number of nitrogens with two attached hydrogens (primary N) is 1. The molecule has 1 aromatic carbocycles. The first-order chi connectivity index (χ1) is 11.8. The van der Waals surface area contributed by atoms with Gasteiger partial charge in [0.25, 0.3) is 5.91 Å². The normalized spacial score (nSPS) is 14.6. The van der Waals surface area contributed by atoms with Crippen molar-refractivity contribution >= 4 is 24.2 Å². The van der Waals surface area contributed by atoms with Crippen LogP contribution in [0.15, 0.2) is 24.3 Å². The quantitative estimate of drug-likeness (QED) is 0.762. The van der Waals surface area contributed by atoms with Gasteiger partial charge in [0.05, 0.1) is 0 Å². The van der Waals surface area contributed by atoms with Crippen molar-refractivity contribution in [3.63, 3.8) is 0 Å². The molecular formula is C20H32ClN3O2. The van der Waals surface area contributed by atoms with Gasteiger partial charge in [-0.3, -0.25) is 9.59 Å². The second-order valence-electron chi connectivity index (χ2n) is 7.93. The minimum atomic E-state index is -0.102. The van der Waals surface area contributed by atoms with Crippen LogP contribution in [0.2, 0.25) is 0 Å². The molecule has 146 valence electrons. The van der Waals surface area contributed by atoms with Gasteiger partial charge in [0.2, 0.25) is 5.91 Å². The Morgan fingerprint density at radius 1 is 1.19 bits per heavy atom.